The Balaban J connectivity index is 1.01. The molecule has 0 saturated carbocycles. The van der Waals surface area contributed by atoms with Crippen molar-refractivity contribution in [2.45, 2.75) is 44.3 Å². The van der Waals surface area contributed by atoms with E-state index in [1.54, 1.807) is 0 Å². The quantitative estimate of drug-likeness (QED) is 0.491. The van der Waals surface area contributed by atoms with Gasteiger partial charge in [-0.15, -0.1) is 0 Å². The van der Waals surface area contributed by atoms with E-state index in [-0.39, 0.29) is 42.5 Å². The zero-order valence-electron chi connectivity index (χ0n) is 18.4. The monoisotopic (exact) mass is 448 g/mol. The molecule has 3 saturated heterocycles. The first-order chi connectivity index (χ1) is 16.1. The van der Waals surface area contributed by atoms with Crippen LogP contribution in [0.5, 0.6) is 0 Å². The van der Waals surface area contributed by atoms with Crippen molar-refractivity contribution < 1.29 is 23.9 Å². The predicted octanol–water partition coefficient (Wildman–Crippen LogP) is 3.77. The van der Waals surface area contributed by atoms with Gasteiger partial charge in [-0.05, 0) is 55.4 Å². The van der Waals surface area contributed by atoms with Gasteiger partial charge < -0.3 is 9.47 Å². The summed E-state index contributed by atoms with van der Waals surface area (Å²) < 4.78 is 11.0. The van der Waals surface area contributed by atoms with Gasteiger partial charge in [-0.1, -0.05) is 42.5 Å². The molecule has 33 heavy (non-hydrogen) atoms. The Bertz CT molecular complexity index is 995. The number of ether oxygens (including phenoxy) is 2. The van der Waals surface area contributed by atoms with E-state index >= 15 is 0 Å². The van der Waals surface area contributed by atoms with Gasteiger partial charge in [0.1, 0.15) is 0 Å². The number of anilines is 1. The van der Waals surface area contributed by atoms with Gasteiger partial charge in [-0.25, -0.2) is 4.79 Å². The number of likely N-dealkylation sites (tertiary alicyclic amines) is 1. The molecule has 2 aromatic rings. The molecule has 0 spiro atoms. The number of hydrogen-bond acceptors (Lipinski definition) is 5. The fraction of sp³-hybridized carbons (Fsp3) is 0.423. The van der Waals surface area contributed by atoms with Gasteiger partial charge in [0, 0.05) is 12.2 Å². The third kappa shape index (κ3) is 4.50. The van der Waals surface area contributed by atoms with Gasteiger partial charge in [-0.2, -0.15) is 0 Å². The molecule has 3 fully saturated rings. The Morgan fingerprint density at radius 3 is 2.21 bits per heavy atom. The number of imide groups is 1. The van der Waals surface area contributed by atoms with Crippen LogP contribution in [0.2, 0.25) is 0 Å². The third-order valence-corrected chi connectivity index (χ3v) is 6.84. The number of fused-ring (bicyclic) bond motifs is 5. The summed E-state index contributed by atoms with van der Waals surface area (Å²) in [7, 11) is 0. The van der Waals surface area contributed by atoms with Gasteiger partial charge in [0.15, 0.2) is 0 Å². The van der Waals surface area contributed by atoms with Crippen molar-refractivity contribution in [2.24, 2.45) is 11.8 Å². The molecule has 0 aromatic heterocycles. The van der Waals surface area contributed by atoms with E-state index in [4.69, 9.17) is 9.47 Å². The highest BCUT2D eigenvalue weighted by Gasteiger charge is 2.62. The minimum Gasteiger partial charge on any atom is -0.449 e. The Morgan fingerprint density at radius 1 is 0.909 bits per heavy atom. The molecule has 5 rings (SSSR count). The number of amides is 3. The van der Waals surface area contributed by atoms with Crippen molar-refractivity contribution in [2.75, 3.05) is 18.5 Å². The minimum absolute atomic E-state index is 0.0825. The second-order valence-electron chi connectivity index (χ2n) is 9.00. The molecule has 3 heterocycles. The van der Waals surface area contributed by atoms with Gasteiger partial charge in [0.25, 0.3) is 0 Å². The van der Waals surface area contributed by atoms with Crippen LogP contribution in [0.4, 0.5) is 10.5 Å². The number of rotatable bonds is 8. The maximum Gasteiger partial charge on any atom is 0.411 e. The fourth-order valence-corrected chi connectivity index (χ4v) is 5.22. The van der Waals surface area contributed by atoms with Crippen LogP contribution in [-0.2, 0) is 25.5 Å². The van der Waals surface area contributed by atoms with Gasteiger partial charge in [-0.3, -0.25) is 19.8 Å². The van der Waals surface area contributed by atoms with Crippen molar-refractivity contribution in [1.29, 1.82) is 0 Å². The Hall–Kier alpha value is -3.19. The topological polar surface area (TPSA) is 84.9 Å². The van der Waals surface area contributed by atoms with E-state index in [1.165, 1.54) is 10.5 Å². The van der Waals surface area contributed by atoms with Crippen molar-refractivity contribution in [3.05, 3.63) is 65.7 Å². The normalized spacial score (nSPS) is 25.4. The van der Waals surface area contributed by atoms with Crippen LogP contribution in [0, 0.1) is 11.8 Å². The molecule has 2 bridgehead atoms. The average Bonchev–Trinajstić information content (AvgIpc) is 3.50. The average molecular weight is 449 g/mol. The molecule has 7 heteroatoms. The zero-order valence-corrected chi connectivity index (χ0v) is 18.4. The zero-order chi connectivity index (χ0) is 22.8. The first kappa shape index (κ1) is 21.6. The molecule has 172 valence electrons. The minimum atomic E-state index is -0.512. The maximum atomic E-state index is 12.6. The molecule has 2 aromatic carbocycles. The number of carbonyl (C=O) groups excluding carboxylic acids is 3. The lowest BCUT2D eigenvalue weighted by Gasteiger charge is -2.17. The standard InChI is InChI=1S/C26H28N2O5/c29-24-22-20-12-13-21(33-20)23(22)25(30)28(24)14-4-5-15-32-26(31)27-19-10-8-18(9-11-19)16-17-6-2-1-3-7-17/h1-3,6-11,20-23H,4-5,12-16H2,(H,27,31). The summed E-state index contributed by atoms with van der Waals surface area (Å²) in [4.78, 5) is 38.7. The first-order valence-electron chi connectivity index (χ1n) is 11.7. The fourth-order valence-electron chi connectivity index (χ4n) is 5.22. The number of benzene rings is 2. The molecule has 0 aliphatic carbocycles. The Labute approximate surface area is 193 Å². The lowest BCUT2D eigenvalue weighted by Crippen LogP contribution is -2.35. The molecule has 3 amide bonds. The second kappa shape index (κ2) is 9.35. The van der Waals surface area contributed by atoms with E-state index in [2.05, 4.69) is 17.4 Å². The summed E-state index contributed by atoms with van der Waals surface area (Å²) in [6, 6.07) is 17.9. The van der Waals surface area contributed by atoms with Crippen molar-refractivity contribution >= 4 is 23.6 Å². The lowest BCUT2D eigenvalue weighted by molar-refractivity contribution is -0.142. The molecule has 1 N–H and O–H groups in total. The van der Waals surface area contributed by atoms with Crippen LogP contribution >= 0.6 is 0 Å². The molecule has 3 aliphatic heterocycles. The number of hydrogen-bond donors (Lipinski definition) is 1. The lowest BCUT2D eigenvalue weighted by atomic mass is 9.81. The van der Waals surface area contributed by atoms with Crippen molar-refractivity contribution in [3.63, 3.8) is 0 Å². The molecule has 3 aliphatic rings. The SMILES string of the molecule is O=C(Nc1ccc(Cc2ccccc2)cc1)OCCCCN1C(=O)C2C3CCC(O3)C2C1=O. The van der Waals surface area contributed by atoms with Crippen LogP contribution < -0.4 is 5.32 Å². The molecule has 0 radical (unpaired) electrons. The van der Waals surface area contributed by atoms with Crippen LogP contribution in [0.3, 0.4) is 0 Å². The first-order valence-corrected chi connectivity index (χ1v) is 11.7. The predicted molar refractivity (Wildman–Crippen MR) is 121 cm³/mol. The van der Waals surface area contributed by atoms with E-state index in [9.17, 15) is 14.4 Å². The highest BCUT2D eigenvalue weighted by atomic mass is 16.5. The summed E-state index contributed by atoms with van der Waals surface area (Å²) in [6.07, 6.45) is 3.09. The second-order valence-corrected chi connectivity index (χ2v) is 9.00. The molecular weight excluding hydrogens is 420 g/mol. The molecule has 4 unspecified atom stereocenters. The maximum absolute atomic E-state index is 12.6. The highest BCUT2D eigenvalue weighted by Crippen LogP contribution is 2.48. The molecule has 7 nitrogen and oxygen atoms in total. The molecular formula is C26H28N2O5. The molecule has 4 atom stereocenters. The van der Waals surface area contributed by atoms with Crippen LogP contribution in [0.15, 0.2) is 54.6 Å². The number of nitrogens with one attached hydrogen (secondary N) is 1. The summed E-state index contributed by atoms with van der Waals surface area (Å²) >= 11 is 0. The van der Waals surface area contributed by atoms with Crippen molar-refractivity contribution in [1.82, 2.24) is 4.90 Å². The van der Waals surface area contributed by atoms with E-state index in [0.717, 1.165) is 24.8 Å². The summed E-state index contributed by atoms with van der Waals surface area (Å²) in [5.41, 5.74) is 3.07. The summed E-state index contributed by atoms with van der Waals surface area (Å²) in [5, 5.41) is 2.73. The smallest absolute Gasteiger partial charge is 0.411 e. The van der Waals surface area contributed by atoms with Crippen molar-refractivity contribution in [3.8, 4) is 0 Å². The summed E-state index contributed by atoms with van der Waals surface area (Å²) in [5.74, 6) is -0.743. The van der Waals surface area contributed by atoms with E-state index in [1.807, 2.05) is 42.5 Å². The third-order valence-electron chi connectivity index (χ3n) is 6.84. The van der Waals surface area contributed by atoms with E-state index < -0.39 is 6.09 Å². The number of unbranched alkanes of at least 4 members (excludes halogenated alkanes) is 1. The number of nitrogens with zero attached hydrogens (tertiary/aromatic N) is 1. The Kier molecular flexibility index (Phi) is 6.13. The van der Waals surface area contributed by atoms with Crippen LogP contribution in [0.1, 0.15) is 36.8 Å². The number of carbonyl (C=O) groups is 3. The van der Waals surface area contributed by atoms with E-state index in [0.29, 0.717) is 25.1 Å². The van der Waals surface area contributed by atoms with Crippen LogP contribution in [-0.4, -0.2) is 48.2 Å². The Morgan fingerprint density at radius 2 is 1.55 bits per heavy atom. The van der Waals surface area contributed by atoms with Crippen LogP contribution in [0.25, 0.3) is 0 Å². The largest absolute Gasteiger partial charge is 0.449 e. The van der Waals surface area contributed by atoms with Gasteiger partial charge in [0.2, 0.25) is 11.8 Å². The van der Waals surface area contributed by atoms with Gasteiger partial charge >= 0.3 is 6.09 Å². The highest BCUT2D eigenvalue weighted by molar-refractivity contribution is 6.06. The van der Waals surface area contributed by atoms with Gasteiger partial charge in [0.05, 0.1) is 30.7 Å². The summed E-state index contributed by atoms with van der Waals surface area (Å²) in [6.45, 7) is 0.604.